The number of benzene rings is 1. The Balaban J connectivity index is 2.71. The van der Waals surface area contributed by atoms with Gasteiger partial charge < -0.3 is 9.84 Å². The molecule has 0 unspecified atom stereocenters. The molecule has 0 aromatic heterocycles. The minimum absolute atomic E-state index is 0.0930. The lowest BCUT2D eigenvalue weighted by molar-refractivity contribution is 0.153. The lowest BCUT2D eigenvalue weighted by Gasteiger charge is -2.07. The molecule has 18 heavy (non-hydrogen) atoms. The Morgan fingerprint density at radius 3 is 2.39 bits per heavy atom. The normalized spacial score (nSPS) is 11.8. The fourth-order valence-corrected chi connectivity index (χ4v) is 2.14. The van der Waals surface area contributed by atoms with Crippen LogP contribution in [0.15, 0.2) is 29.2 Å². The maximum absolute atomic E-state index is 11.9. The zero-order valence-corrected chi connectivity index (χ0v) is 10.2. The van der Waals surface area contributed by atoms with Crippen molar-refractivity contribution in [2.24, 2.45) is 0 Å². The maximum atomic E-state index is 11.9. The molecule has 1 aromatic rings. The number of sulfonamides is 1. The number of hydrogen-bond acceptors (Lipinski definition) is 4. The topological polar surface area (TPSA) is 75.6 Å². The monoisotopic (exact) mass is 281 g/mol. The van der Waals surface area contributed by atoms with Gasteiger partial charge in [0.15, 0.2) is 0 Å². The molecular formula is C10H13F2NO4S. The first-order valence-corrected chi connectivity index (χ1v) is 6.55. The second-order valence-corrected chi connectivity index (χ2v) is 5.05. The Bertz CT molecular complexity index is 461. The van der Waals surface area contributed by atoms with Gasteiger partial charge in [0, 0.05) is 0 Å². The van der Waals surface area contributed by atoms with Crippen molar-refractivity contribution in [2.75, 3.05) is 19.8 Å². The molecule has 0 aliphatic heterocycles. The average Bonchev–Trinajstić information content (AvgIpc) is 2.34. The minimum Gasteiger partial charge on any atom is -0.491 e. The van der Waals surface area contributed by atoms with Crippen molar-refractivity contribution in [3.8, 4) is 5.75 Å². The van der Waals surface area contributed by atoms with Gasteiger partial charge in [-0.15, -0.1) is 0 Å². The predicted molar refractivity (Wildman–Crippen MR) is 60.2 cm³/mol. The highest BCUT2D eigenvalue weighted by molar-refractivity contribution is 7.89. The summed E-state index contributed by atoms with van der Waals surface area (Å²) >= 11 is 0. The van der Waals surface area contributed by atoms with Gasteiger partial charge >= 0.3 is 0 Å². The first-order valence-electron chi connectivity index (χ1n) is 5.07. The second-order valence-electron chi connectivity index (χ2n) is 3.29. The van der Waals surface area contributed by atoms with Crippen LogP contribution in [0.25, 0.3) is 0 Å². The largest absolute Gasteiger partial charge is 0.491 e. The summed E-state index contributed by atoms with van der Waals surface area (Å²) in [6.45, 7) is -0.989. The van der Waals surface area contributed by atoms with Crippen LogP contribution in [0.2, 0.25) is 0 Å². The minimum atomic E-state index is -3.93. The molecule has 0 atom stereocenters. The fourth-order valence-electron chi connectivity index (χ4n) is 1.13. The number of rotatable bonds is 7. The Morgan fingerprint density at radius 2 is 1.89 bits per heavy atom. The highest BCUT2D eigenvalue weighted by atomic mass is 32.2. The standard InChI is InChI=1S/C10H13F2NO4S/c11-10(12)7-13-18(15,16)9-3-1-8(2-4-9)17-6-5-14/h1-4,10,13-14H,5-7H2. The summed E-state index contributed by atoms with van der Waals surface area (Å²) in [6.07, 6.45) is -2.74. The van der Waals surface area contributed by atoms with Crippen LogP contribution in [0.4, 0.5) is 8.78 Å². The third-order valence-electron chi connectivity index (χ3n) is 1.92. The first-order chi connectivity index (χ1) is 8.45. The molecule has 5 nitrogen and oxygen atoms in total. The van der Waals surface area contributed by atoms with Crippen molar-refractivity contribution in [3.05, 3.63) is 24.3 Å². The van der Waals surface area contributed by atoms with Crippen molar-refractivity contribution < 1.29 is 27.0 Å². The molecule has 0 saturated heterocycles. The molecule has 2 N–H and O–H groups in total. The third kappa shape index (κ3) is 4.55. The second kappa shape index (κ2) is 6.62. The molecule has 102 valence electrons. The van der Waals surface area contributed by atoms with Gasteiger partial charge in [0.05, 0.1) is 18.0 Å². The van der Waals surface area contributed by atoms with Crippen LogP contribution >= 0.6 is 0 Å². The van der Waals surface area contributed by atoms with Gasteiger partial charge in [0.2, 0.25) is 10.0 Å². The van der Waals surface area contributed by atoms with E-state index in [1.54, 1.807) is 4.72 Å². The lowest BCUT2D eigenvalue weighted by atomic mass is 10.3. The van der Waals surface area contributed by atoms with Crippen LogP contribution in [-0.4, -0.2) is 39.7 Å². The van der Waals surface area contributed by atoms with E-state index in [4.69, 9.17) is 9.84 Å². The van der Waals surface area contributed by atoms with E-state index in [0.717, 1.165) is 0 Å². The number of nitrogens with one attached hydrogen (secondary N) is 1. The number of alkyl halides is 2. The summed E-state index contributed by atoms with van der Waals surface area (Å²) in [7, 11) is -3.93. The van der Waals surface area contributed by atoms with Gasteiger partial charge in [0.25, 0.3) is 6.43 Å². The van der Waals surface area contributed by atoms with E-state index >= 15 is 0 Å². The summed E-state index contributed by atoms with van der Waals surface area (Å²) in [5.41, 5.74) is 0. The molecule has 0 amide bonds. The van der Waals surface area contributed by atoms with Crippen LogP contribution in [0, 0.1) is 0 Å². The van der Waals surface area contributed by atoms with Crippen molar-refractivity contribution >= 4 is 10.0 Å². The van der Waals surface area contributed by atoms with Crippen molar-refractivity contribution in [1.29, 1.82) is 0 Å². The number of hydrogen-bond donors (Lipinski definition) is 2. The fraction of sp³-hybridized carbons (Fsp3) is 0.400. The smallest absolute Gasteiger partial charge is 0.251 e. The number of aliphatic hydroxyl groups excluding tert-OH is 1. The maximum Gasteiger partial charge on any atom is 0.251 e. The zero-order chi connectivity index (χ0) is 13.6. The summed E-state index contributed by atoms with van der Waals surface area (Å²) in [4.78, 5) is -0.125. The van der Waals surface area contributed by atoms with Gasteiger partial charge in [-0.25, -0.2) is 21.9 Å². The van der Waals surface area contributed by atoms with E-state index in [2.05, 4.69) is 0 Å². The quantitative estimate of drug-likeness (QED) is 0.767. The molecule has 1 aromatic carbocycles. The van der Waals surface area contributed by atoms with E-state index < -0.39 is 23.0 Å². The highest BCUT2D eigenvalue weighted by Gasteiger charge is 2.15. The number of halogens is 2. The van der Waals surface area contributed by atoms with Gasteiger partial charge in [-0.2, -0.15) is 0 Å². The van der Waals surface area contributed by atoms with Crippen LogP contribution in [0.1, 0.15) is 0 Å². The van der Waals surface area contributed by atoms with Gasteiger partial charge in [-0.1, -0.05) is 0 Å². The van der Waals surface area contributed by atoms with Crippen molar-refractivity contribution in [1.82, 2.24) is 4.72 Å². The molecule has 0 aliphatic rings. The van der Waals surface area contributed by atoms with E-state index in [-0.39, 0.29) is 18.1 Å². The van der Waals surface area contributed by atoms with Crippen molar-refractivity contribution in [2.45, 2.75) is 11.3 Å². The SMILES string of the molecule is O=S(=O)(NCC(F)F)c1ccc(OCCO)cc1. The molecule has 0 bridgehead atoms. The Labute approximate surface area is 103 Å². The molecule has 0 radical (unpaired) electrons. The third-order valence-corrected chi connectivity index (χ3v) is 3.36. The van der Waals surface area contributed by atoms with Crippen LogP contribution in [0.5, 0.6) is 5.75 Å². The highest BCUT2D eigenvalue weighted by Crippen LogP contribution is 2.15. The van der Waals surface area contributed by atoms with Crippen molar-refractivity contribution in [3.63, 3.8) is 0 Å². The molecule has 0 fully saturated rings. The molecule has 8 heteroatoms. The van der Waals surface area contributed by atoms with Gasteiger partial charge in [-0.3, -0.25) is 0 Å². The number of aliphatic hydroxyl groups is 1. The molecule has 1 rings (SSSR count). The van der Waals surface area contributed by atoms with E-state index in [1.807, 2.05) is 0 Å². The van der Waals surface area contributed by atoms with E-state index in [9.17, 15) is 17.2 Å². The average molecular weight is 281 g/mol. The summed E-state index contributed by atoms with van der Waals surface area (Å²) in [5.74, 6) is 0.386. The van der Waals surface area contributed by atoms with E-state index in [1.165, 1.54) is 24.3 Å². The van der Waals surface area contributed by atoms with Crippen LogP contribution in [-0.2, 0) is 10.0 Å². The molecule has 0 aliphatic carbocycles. The van der Waals surface area contributed by atoms with Crippen LogP contribution < -0.4 is 9.46 Å². The van der Waals surface area contributed by atoms with Crippen LogP contribution in [0.3, 0.4) is 0 Å². The lowest BCUT2D eigenvalue weighted by Crippen LogP contribution is -2.28. The predicted octanol–water partition coefficient (Wildman–Crippen LogP) is 0.601. The first kappa shape index (κ1) is 14.8. The Kier molecular flexibility index (Phi) is 5.45. The summed E-state index contributed by atoms with van der Waals surface area (Å²) in [6, 6.07) is 5.24. The Hall–Kier alpha value is -1.25. The Morgan fingerprint density at radius 1 is 1.28 bits per heavy atom. The summed E-state index contributed by atoms with van der Waals surface area (Å²) in [5, 5.41) is 8.53. The molecule has 0 saturated carbocycles. The zero-order valence-electron chi connectivity index (χ0n) is 9.34. The van der Waals surface area contributed by atoms with E-state index in [0.29, 0.717) is 5.75 Å². The molecule has 0 spiro atoms. The number of ether oxygens (including phenoxy) is 1. The van der Waals surface area contributed by atoms with Gasteiger partial charge in [-0.05, 0) is 24.3 Å². The molecule has 0 heterocycles. The molecular weight excluding hydrogens is 268 g/mol. The summed E-state index contributed by atoms with van der Waals surface area (Å²) < 4.78 is 53.7. The van der Waals surface area contributed by atoms with Gasteiger partial charge in [0.1, 0.15) is 12.4 Å².